The summed E-state index contributed by atoms with van der Waals surface area (Å²) in [5.41, 5.74) is 6.96. The lowest BCUT2D eigenvalue weighted by atomic mass is 10.0. The number of rotatable bonds is 2. The highest BCUT2D eigenvalue weighted by Gasteiger charge is 2.10. The number of hydrogen-bond acceptors (Lipinski definition) is 3. The molecule has 5 nitrogen and oxygen atoms in total. The monoisotopic (exact) mass is 171 g/mol. The molecule has 5 heteroatoms. The van der Waals surface area contributed by atoms with Crippen LogP contribution in [0.3, 0.4) is 0 Å². The molecular formula is C7H13N3O2. The summed E-state index contributed by atoms with van der Waals surface area (Å²) in [7, 11) is 0. The van der Waals surface area contributed by atoms with Gasteiger partial charge in [-0.05, 0) is 12.8 Å². The molecular weight excluding hydrogens is 158 g/mol. The van der Waals surface area contributed by atoms with Crippen molar-refractivity contribution in [2.24, 2.45) is 16.8 Å². The molecule has 0 bridgehead atoms. The molecule has 0 aliphatic carbocycles. The SMILES string of the molecule is NC(=O)NN=CC1CCCOC1. The van der Waals surface area contributed by atoms with Crippen molar-refractivity contribution < 1.29 is 9.53 Å². The Morgan fingerprint density at radius 3 is 3.17 bits per heavy atom. The summed E-state index contributed by atoms with van der Waals surface area (Å²) in [6, 6.07) is -0.636. The Morgan fingerprint density at radius 1 is 1.75 bits per heavy atom. The van der Waals surface area contributed by atoms with Crippen LogP contribution >= 0.6 is 0 Å². The van der Waals surface area contributed by atoms with Gasteiger partial charge in [0.1, 0.15) is 0 Å². The maximum Gasteiger partial charge on any atom is 0.332 e. The molecule has 1 aliphatic heterocycles. The lowest BCUT2D eigenvalue weighted by molar-refractivity contribution is 0.0782. The fourth-order valence-electron chi connectivity index (χ4n) is 1.09. The molecule has 1 aliphatic rings. The summed E-state index contributed by atoms with van der Waals surface area (Å²) < 4.78 is 5.20. The normalized spacial score (nSPS) is 24.2. The Balaban J connectivity index is 2.19. The van der Waals surface area contributed by atoms with Crippen LogP contribution in [0.4, 0.5) is 4.79 Å². The molecule has 1 fully saturated rings. The largest absolute Gasteiger partial charge is 0.381 e. The molecule has 1 unspecified atom stereocenters. The topological polar surface area (TPSA) is 76.7 Å². The molecule has 0 aromatic carbocycles. The molecule has 0 radical (unpaired) electrons. The number of carbonyl (C=O) groups excluding carboxylic acids is 1. The van der Waals surface area contributed by atoms with Gasteiger partial charge in [-0.25, -0.2) is 10.2 Å². The van der Waals surface area contributed by atoms with Crippen LogP contribution in [0.1, 0.15) is 12.8 Å². The van der Waals surface area contributed by atoms with E-state index in [1.54, 1.807) is 6.21 Å². The lowest BCUT2D eigenvalue weighted by Crippen LogP contribution is -2.26. The summed E-state index contributed by atoms with van der Waals surface area (Å²) >= 11 is 0. The third-order valence-electron chi connectivity index (χ3n) is 1.66. The molecule has 1 rings (SSSR count). The van der Waals surface area contributed by atoms with Crippen LogP contribution in [0.5, 0.6) is 0 Å². The van der Waals surface area contributed by atoms with Gasteiger partial charge in [-0.1, -0.05) is 0 Å². The van der Waals surface area contributed by atoms with Gasteiger partial charge in [0.25, 0.3) is 0 Å². The van der Waals surface area contributed by atoms with Crippen molar-refractivity contribution in [3.8, 4) is 0 Å². The summed E-state index contributed by atoms with van der Waals surface area (Å²) in [6.07, 6.45) is 3.78. The lowest BCUT2D eigenvalue weighted by Gasteiger charge is -2.17. The predicted octanol–water partition coefficient (Wildman–Crippen LogP) is 0.0671. The maximum absolute atomic E-state index is 10.2. The molecule has 0 aromatic rings. The van der Waals surface area contributed by atoms with Crippen molar-refractivity contribution in [1.82, 2.24) is 5.43 Å². The van der Waals surface area contributed by atoms with Gasteiger partial charge >= 0.3 is 6.03 Å². The average Bonchev–Trinajstić information content (AvgIpc) is 2.05. The number of nitrogens with zero attached hydrogens (tertiary/aromatic N) is 1. The van der Waals surface area contributed by atoms with Crippen LogP contribution in [-0.2, 0) is 4.74 Å². The van der Waals surface area contributed by atoms with Crippen LogP contribution in [-0.4, -0.2) is 25.5 Å². The first-order valence-corrected chi connectivity index (χ1v) is 3.95. The highest BCUT2D eigenvalue weighted by molar-refractivity contribution is 5.73. The van der Waals surface area contributed by atoms with Crippen molar-refractivity contribution in [3.05, 3.63) is 0 Å². The van der Waals surface area contributed by atoms with E-state index in [0.29, 0.717) is 12.5 Å². The van der Waals surface area contributed by atoms with Crippen LogP contribution < -0.4 is 11.2 Å². The number of hydrazone groups is 1. The van der Waals surface area contributed by atoms with Gasteiger partial charge in [0.05, 0.1) is 6.61 Å². The number of amides is 2. The third-order valence-corrected chi connectivity index (χ3v) is 1.66. The van der Waals surface area contributed by atoms with Gasteiger partial charge in [-0.15, -0.1) is 0 Å². The molecule has 2 amide bonds. The first-order valence-electron chi connectivity index (χ1n) is 3.95. The highest BCUT2D eigenvalue weighted by Crippen LogP contribution is 2.10. The smallest absolute Gasteiger partial charge is 0.332 e. The third kappa shape index (κ3) is 3.34. The zero-order valence-electron chi connectivity index (χ0n) is 6.82. The molecule has 0 saturated carbocycles. The van der Waals surface area contributed by atoms with Crippen LogP contribution in [0.15, 0.2) is 5.10 Å². The molecule has 0 aromatic heterocycles. The number of urea groups is 1. The second-order valence-electron chi connectivity index (χ2n) is 2.73. The number of hydrogen-bond donors (Lipinski definition) is 2. The number of ether oxygens (including phenoxy) is 1. The van der Waals surface area contributed by atoms with Crippen LogP contribution in [0.2, 0.25) is 0 Å². The van der Waals surface area contributed by atoms with E-state index in [1.807, 2.05) is 0 Å². The maximum atomic E-state index is 10.2. The summed E-state index contributed by atoms with van der Waals surface area (Å²) in [4.78, 5) is 10.2. The Labute approximate surface area is 71.0 Å². The summed E-state index contributed by atoms with van der Waals surface area (Å²) in [5.74, 6) is 0.311. The summed E-state index contributed by atoms with van der Waals surface area (Å²) in [6.45, 7) is 1.51. The fraction of sp³-hybridized carbons (Fsp3) is 0.714. The van der Waals surface area contributed by atoms with Crippen molar-refractivity contribution in [2.45, 2.75) is 12.8 Å². The zero-order chi connectivity index (χ0) is 8.81. The van der Waals surface area contributed by atoms with Gasteiger partial charge in [-0.2, -0.15) is 5.10 Å². The average molecular weight is 171 g/mol. The minimum absolute atomic E-state index is 0.311. The van der Waals surface area contributed by atoms with Crippen molar-refractivity contribution >= 4 is 12.2 Å². The first kappa shape index (κ1) is 8.99. The van der Waals surface area contributed by atoms with E-state index in [9.17, 15) is 4.79 Å². The Bertz CT molecular complexity index is 175. The van der Waals surface area contributed by atoms with E-state index in [1.165, 1.54) is 0 Å². The fourth-order valence-corrected chi connectivity index (χ4v) is 1.09. The van der Waals surface area contributed by atoms with Crippen molar-refractivity contribution in [1.29, 1.82) is 0 Å². The molecule has 12 heavy (non-hydrogen) atoms. The number of primary amides is 1. The number of nitrogens with one attached hydrogen (secondary N) is 1. The predicted molar refractivity (Wildman–Crippen MR) is 44.8 cm³/mol. The van der Waals surface area contributed by atoms with Gasteiger partial charge in [0.2, 0.25) is 0 Å². The Kier molecular flexibility index (Phi) is 3.53. The van der Waals surface area contributed by atoms with E-state index in [-0.39, 0.29) is 0 Å². The molecule has 1 saturated heterocycles. The van der Waals surface area contributed by atoms with E-state index >= 15 is 0 Å². The van der Waals surface area contributed by atoms with E-state index in [2.05, 4.69) is 10.5 Å². The quantitative estimate of drug-likeness (QED) is 0.455. The molecule has 1 heterocycles. The number of carbonyl (C=O) groups is 1. The second kappa shape index (κ2) is 4.71. The first-order chi connectivity index (χ1) is 5.79. The van der Waals surface area contributed by atoms with Gasteiger partial charge in [-0.3, -0.25) is 0 Å². The van der Waals surface area contributed by atoms with E-state index in [4.69, 9.17) is 10.5 Å². The standard InChI is InChI=1S/C7H13N3O2/c8-7(11)10-9-4-6-2-1-3-12-5-6/h4,6H,1-3,5H2,(H3,8,10,11). The molecule has 3 N–H and O–H groups in total. The summed E-state index contributed by atoms with van der Waals surface area (Å²) in [5, 5.41) is 3.66. The molecule has 0 spiro atoms. The minimum atomic E-state index is -0.636. The van der Waals surface area contributed by atoms with Gasteiger partial charge in [0, 0.05) is 18.7 Å². The Morgan fingerprint density at radius 2 is 2.58 bits per heavy atom. The zero-order valence-corrected chi connectivity index (χ0v) is 6.82. The van der Waals surface area contributed by atoms with E-state index in [0.717, 1.165) is 19.4 Å². The molecule has 68 valence electrons. The van der Waals surface area contributed by atoms with Gasteiger partial charge < -0.3 is 10.5 Å². The van der Waals surface area contributed by atoms with Crippen molar-refractivity contribution in [3.63, 3.8) is 0 Å². The second-order valence-corrected chi connectivity index (χ2v) is 2.73. The van der Waals surface area contributed by atoms with Crippen molar-refractivity contribution in [2.75, 3.05) is 13.2 Å². The Hall–Kier alpha value is -1.10. The number of nitrogens with two attached hydrogens (primary N) is 1. The minimum Gasteiger partial charge on any atom is -0.381 e. The van der Waals surface area contributed by atoms with Crippen LogP contribution in [0.25, 0.3) is 0 Å². The molecule has 1 atom stereocenters. The van der Waals surface area contributed by atoms with Gasteiger partial charge in [0.15, 0.2) is 0 Å². The van der Waals surface area contributed by atoms with Crippen LogP contribution in [0, 0.1) is 5.92 Å². The highest BCUT2D eigenvalue weighted by atomic mass is 16.5. The van der Waals surface area contributed by atoms with E-state index < -0.39 is 6.03 Å².